The fourth-order valence-electron chi connectivity index (χ4n) is 3.78. The summed E-state index contributed by atoms with van der Waals surface area (Å²) in [6.45, 7) is 4.93. The molecule has 1 aliphatic heterocycles. The Morgan fingerprint density at radius 3 is 2.76 bits per heavy atom. The van der Waals surface area contributed by atoms with Gasteiger partial charge in [0.2, 0.25) is 11.9 Å². The molecule has 7 heteroatoms. The number of fused-ring (bicyclic) bond motifs is 1. The van der Waals surface area contributed by atoms with Crippen molar-refractivity contribution in [3.8, 4) is 0 Å². The van der Waals surface area contributed by atoms with Crippen LogP contribution in [0.2, 0.25) is 0 Å². The molecule has 2 aromatic heterocycles. The number of aromatic amines is 1. The largest absolute Gasteiger partial charge is 0.341 e. The van der Waals surface area contributed by atoms with Gasteiger partial charge in [0.15, 0.2) is 0 Å². The third kappa shape index (κ3) is 4.45. The molecule has 0 aliphatic carbocycles. The highest BCUT2D eigenvalue weighted by Gasteiger charge is 2.20. The number of nitrogens with one attached hydrogen (secondary N) is 1. The van der Waals surface area contributed by atoms with Crippen LogP contribution in [0.4, 0.5) is 5.95 Å². The number of hydrogen-bond donors (Lipinski definition) is 1. The van der Waals surface area contributed by atoms with Crippen LogP contribution in [-0.2, 0) is 11.2 Å². The Labute approximate surface area is 169 Å². The molecule has 3 aromatic rings. The third-order valence-electron chi connectivity index (χ3n) is 5.37. The van der Waals surface area contributed by atoms with Gasteiger partial charge in [-0.3, -0.25) is 9.59 Å². The smallest absolute Gasteiger partial charge is 0.251 e. The van der Waals surface area contributed by atoms with E-state index >= 15 is 0 Å². The molecule has 0 saturated carbocycles. The molecule has 1 aliphatic rings. The predicted molar refractivity (Wildman–Crippen MR) is 113 cm³/mol. The van der Waals surface area contributed by atoms with E-state index in [9.17, 15) is 9.59 Å². The van der Waals surface area contributed by atoms with Gasteiger partial charge in [-0.15, -0.1) is 0 Å². The van der Waals surface area contributed by atoms with Gasteiger partial charge in [-0.05, 0) is 49.4 Å². The number of rotatable bonds is 4. The number of aryl methyl sites for hydroxylation is 2. The van der Waals surface area contributed by atoms with E-state index in [1.807, 2.05) is 36.1 Å². The second-order valence-corrected chi connectivity index (χ2v) is 7.48. The molecule has 3 heterocycles. The molecule has 0 bridgehead atoms. The number of carbonyl (C=O) groups excluding carboxylic acids is 1. The van der Waals surface area contributed by atoms with Gasteiger partial charge in [-0.25, -0.2) is 9.97 Å². The van der Waals surface area contributed by atoms with E-state index in [1.54, 1.807) is 18.5 Å². The zero-order valence-electron chi connectivity index (χ0n) is 16.6. The third-order valence-corrected chi connectivity index (χ3v) is 5.37. The second-order valence-electron chi connectivity index (χ2n) is 7.48. The van der Waals surface area contributed by atoms with Crippen LogP contribution in [0.15, 0.2) is 47.5 Å². The van der Waals surface area contributed by atoms with Gasteiger partial charge in [0, 0.05) is 56.1 Å². The minimum Gasteiger partial charge on any atom is -0.341 e. The van der Waals surface area contributed by atoms with Gasteiger partial charge in [0.05, 0.1) is 0 Å². The minimum absolute atomic E-state index is 0.0876. The SMILES string of the molecule is Cc1ccc2[nH]c(=O)c(CCC(=O)N3CCCN(c4ncccn4)CC3)cc2c1. The lowest BCUT2D eigenvalue weighted by molar-refractivity contribution is -0.130. The number of nitrogens with zero attached hydrogens (tertiary/aromatic N) is 4. The summed E-state index contributed by atoms with van der Waals surface area (Å²) in [6.07, 6.45) is 5.12. The number of carbonyl (C=O) groups is 1. The zero-order valence-corrected chi connectivity index (χ0v) is 16.6. The molecule has 1 amide bonds. The number of amides is 1. The van der Waals surface area contributed by atoms with Gasteiger partial charge >= 0.3 is 0 Å². The monoisotopic (exact) mass is 391 g/mol. The Bertz CT molecular complexity index is 1060. The van der Waals surface area contributed by atoms with Crippen LogP contribution in [0, 0.1) is 6.92 Å². The summed E-state index contributed by atoms with van der Waals surface area (Å²) in [4.78, 5) is 40.7. The summed E-state index contributed by atoms with van der Waals surface area (Å²) in [5.74, 6) is 0.796. The molecule has 1 fully saturated rings. The lowest BCUT2D eigenvalue weighted by Gasteiger charge is -2.22. The Kier molecular flexibility index (Phi) is 5.55. The highest BCUT2D eigenvalue weighted by Crippen LogP contribution is 2.15. The second kappa shape index (κ2) is 8.43. The molecule has 1 N–H and O–H groups in total. The first kappa shape index (κ1) is 19.1. The van der Waals surface area contributed by atoms with Gasteiger partial charge in [-0.1, -0.05) is 11.6 Å². The number of pyridine rings is 1. The Morgan fingerprint density at radius 2 is 1.93 bits per heavy atom. The van der Waals surface area contributed by atoms with Crippen LogP contribution in [0.1, 0.15) is 24.0 Å². The highest BCUT2D eigenvalue weighted by atomic mass is 16.2. The number of aromatic nitrogens is 3. The van der Waals surface area contributed by atoms with Crippen LogP contribution in [0.5, 0.6) is 0 Å². The Balaban J connectivity index is 1.39. The van der Waals surface area contributed by atoms with Crippen molar-refractivity contribution in [2.75, 3.05) is 31.1 Å². The molecular formula is C22H25N5O2. The van der Waals surface area contributed by atoms with E-state index in [2.05, 4.69) is 19.9 Å². The van der Waals surface area contributed by atoms with E-state index in [0.29, 0.717) is 37.4 Å². The topological polar surface area (TPSA) is 82.2 Å². The van der Waals surface area contributed by atoms with Gasteiger partial charge < -0.3 is 14.8 Å². The van der Waals surface area contributed by atoms with Crippen molar-refractivity contribution in [3.05, 3.63) is 64.2 Å². The molecule has 0 atom stereocenters. The summed E-state index contributed by atoms with van der Waals surface area (Å²) < 4.78 is 0. The average molecular weight is 391 g/mol. The van der Waals surface area contributed by atoms with Crippen molar-refractivity contribution >= 4 is 22.8 Å². The Morgan fingerprint density at radius 1 is 1.10 bits per heavy atom. The van der Waals surface area contributed by atoms with Gasteiger partial charge in [0.25, 0.3) is 5.56 Å². The van der Waals surface area contributed by atoms with E-state index in [0.717, 1.165) is 36.0 Å². The summed E-state index contributed by atoms with van der Waals surface area (Å²) in [7, 11) is 0. The van der Waals surface area contributed by atoms with Crippen LogP contribution in [0.3, 0.4) is 0 Å². The van der Waals surface area contributed by atoms with Crippen molar-refractivity contribution in [1.29, 1.82) is 0 Å². The van der Waals surface area contributed by atoms with Crippen molar-refractivity contribution in [3.63, 3.8) is 0 Å². The molecule has 4 rings (SSSR count). The van der Waals surface area contributed by atoms with Crippen molar-refractivity contribution in [2.45, 2.75) is 26.2 Å². The summed E-state index contributed by atoms with van der Waals surface area (Å²) in [5, 5.41) is 1.00. The van der Waals surface area contributed by atoms with Crippen molar-refractivity contribution in [1.82, 2.24) is 19.9 Å². The molecule has 0 unspecified atom stereocenters. The molecule has 0 radical (unpaired) electrons. The van der Waals surface area contributed by atoms with E-state index in [1.165, 1.54) is 0 Å². The maximum absolute atomic E-state index is 12.8. The predicted octanol–water partition coefficient (Wildman–Crippen LogP) is 2.30. The van der Waals surface area contributed by atoms with E-state index < -0.39 is 0 Å². The number of anilines is 1. The zero-order chi connectivity index (χ0) is 20.2. The summed E-state index contributed by atoms with van der Waals surface area (Å²) in [6, 6.07) is 9.65. The first-order chi connectivity index (χ1) is 14.1. The lowest BCUT2D eigenvalue weighted by atomic mass is 10.1. The normalized spacial score (nSPS) is 14.8. The van der Waals surface area contributed by atoms with Gasteiger partial charge in [-0.2, -0.15) is 0 Å². The first-order valence-electron chi connectivity index (χ1n) is 10.0. The molecule has 1 aromatic carbocycles. The molecule has 7 nitrogen and oxygen atoms in total. The quantitative estimate of drug-likeness (QED) is 0.738. The van der Waals surface area contributed by atoms with Crippen molar-refractivity contribution in [2.24, 2.45) is 0 Å². The summed E-state index contributed by atoms with van der Waals surface area (Å²) in [5.41, 5.74) is 2.51. The summed E-state index contributed by atoms with van der Waals surface area (Å²) >= 11 is 0. The van der Waals surface area contributed by atoms with Crippen molar-refractivity contribution < 1.29 is 4.79 Å². The first-order valence-corrected chi connectivity index (χ1v) is 10.0. The molecule has 1 saturated heterocycles. The molecule has 150 valence electrons. The van der Waals surface area contributed by atoms with Crippen LogP contribution < -0.4 is 10.5 Å². The number of benzene rings is 1. The molecular weight excluding hydrogens is 366 g/mol. The van der Waals surface area contributed by atoms with Crippen LogP contribution >= 0.6 is 0 Å². The number of hydrogen-bond acceptors (Lipinski definition) is 5. The standard InChI is InChI=1S/C22H25N5O2/c1-16-4-6-19-18(14-16)15-17(21(29)25-19)5-7-20(28)26-10-3-11-27(13-12-26)22-23-8-2-9-24-22/h2,4,6,8-9,14-15H,3,5,7,10-13H2,1H3,(H,25,29). The van der Waals surface area contributed by atoms with E-state index in [-0.39, 0.29) is 11.5 Å². The Hall–Kier alpha value is -3.22. The molecule has 0 spiro atoms. The fraction of sp³-hybridized carbons (Fsp3) is 0.364. The average Bonchev–Trinajstić information content (AvgIpc) is 2.99. The fourth-order valence-corrected chi connectivity index (χ4v) is 3.78. The highest BCUT2D eigenvalue weighted by molar-refractivity contribution is 5.80. The maximum atomic E-state index is 12.8. The minimum atomic E-state index is -0.113. The van der Waals surface area contributed by atoms with Crippen LogP contribution in [0.25, 0.3) is 10.9 Å². The van der Waals surface area contributed by atoms with Crippen LogP contribution in [-0.4, -0.2) is 51.9 Å². The number of H-pyrrole nitrogens is 1. The maximum Gasteiger partial charge on any atom is 0.251 e. The van der Waals surface area contributed by atoms with Gasteiger partial charge in [0.1, 0.15) is 0 Å². The molecule has 29 heavy (non-hydrogen) atoms. The lowest BCUT2D eigenvalue weighted by Crippen LogP contribution is -2.35. The van der Waals surface area contributed by atoms with E-state index in [4.69, 9.17) is 0 Å².